The number of benzene rings is 2. The van der Waals surface area contributed by atoms with E-state index in [0.29, 0.717) is 0 Å². The second-order valence-electron chi connectivity index (χ2n) is 5.65. The lowest BCUT2D eigenvalue weighted by atomic mass is 9.91. The minimum atomic E-state index is -1.54. The van der Waals surface area contributed by atoms with Crippen molar-refractivity contribution in [2.75, 3.05) is 5.32 Å². The Morgan fingerprint density at radius 2 is 1.76 bits per heavy atom. The van der Waals surface area contributed by atoms with Gasteiger partial charge in [-0.3, -0.25) is 9.59 Å². The van der Waals surface area contributed by atoms with E-state index in [1.54, 1.807) is 25.1 Å². The van der Waals surface area contributed by atoms with Gasteiger partial charge in [-0.25, -0.2) is 8.78 Å². The van der Waals surface area contributed by atoms with Gasteiger partial charge in [-0.05, 0) is 35.7 Å². The minimum absolute atomic E-state index is 0.0610. The zero-order valence-corrected chi connectivity index (χ0v) is 13.5. The van der Waals surface area contributed by atoms with Crippen LogP contribution in [0.25, 0.3) is 0 Å². The lowest BCUT2D eigenvalue weighted by Crippen LogP contribution is -2.29. The van der Waals surface area contributed by atoms with Gasteiger partial charge in [0.1, 0.15) is 11.6 Å². The Kier molecular flexibility index (Phi) is 5.96. The molecule has 0 spiro atoms. The highest BCUT2D eigenvalue weighted by Gasteiger charge is 2.28. The highest BCUT2D eigenvalue weighted by atomic mass is 19.1. The molecule has 0 aromatic heterocycles. The molecule has 0 saturated heterocycles. The van der Waals surface area contributed by atoms with Crippen LogP contribution >= 0.6 is 0 Å². The molecule has 2 aromatic rings. The number of amides is 1. The summed E-state index contributed by atoms with van der Waals surface area (Å²) in [7, 11) is 0. The van der Waals surface area contributed by atoms with Crippen LogP contribution in [0.3, 0.4) is 0 Å². The summed E-state index contributed by atoms with van der Waals surface area (Å²) in [6, 6.07) is 12.8. The Morgan fingerprint density at radius 1 is 1.12 bits per heavy atom. The predicted octanol–water partition coefficient (Wildman–Crippen LogP) is 3.81. The molecule has 0 saturated carbocycles. The zero-order chi connectivity index (χ0) is 18.4. The molecule has 0 unspecified atom stereocenters. The maximum Gasteiger partial charge on any atom is 0.249 e. The molecule has 0 aliphatic heterocycles. The maximum absolute atomic E-state index is 13.6. The second-order valence-corrected chi connectivity index (χ2v) is 5.65. The number of halogens is 2. The normalized spacial score (nSPS) is 12.7. The van der Waals surface area contributed by atoms with Gasteiger partial charge in [-0.2, -0.15) is 5.26 Å². The number of ketones is 1. The van der Waals surface area contributed by atoms with E-state index >= 15 is 0 Å². The lowest BCUT2D eigenvalue weighted by Gasteiger charge is -2.14. The van der Waals surface area contributed by atoms with Crippen LogP contribution in [0.2, 0.25) is 0 Å². The van der Waals surface area contributed by atoms with Crippen molar-refractivity contribution in [3.63, 3.8) is 0 Å². The number of nitriles is 1. The first kappa shape index (κ1) is 18.3. The van der Waals surface area contributed by atoms with Crippen LogP contribution in [0.4, 0.5) is 14.5 Å². The van der Waals surface area contributed by atoms with E-state index in [1.807, 2.05) is 0 Å². The third kappa shape index (κ3) is 4.70. The molecule has 0 aliphatic rings. The van der Waals surface area contributed by atoms with E-state index < -0.39 is 23.4 Å². The molecule has 4 nitrogen and oxygen atoms in total. The van der Waals surface area contributed by atoms with Crippen molar-refractivity contribution >= 4 is 17.4 Å². The third-order valence-electron chi connectivity index (χ3n) is 3.79. The Labute approximate surface area is 144 Å². The van der Waals surface area contributed by atoms with Crippen molar-refractivity contribution in [3.8, 4) is 6.07 Å². The molecule has 0 heterocycles. The van der Waals surface area contributed by atoms with Crippen LogP contribution in [0.1, 0.15) is 24.8 Å². The summed E-state index contributed by atoms with van der Waals surface area (Å²) in [5.74, 6) is -4.31. The van der Waals surface area contributed by atoms with E-state index in [-0.39, 0.29) is 23.8 Å². The number of carbonyl (C=O) groups excluding carboxylic acids is 2. The summed E-state index contributed by atoms with van der Waals surface area (Å²) in [6.45, 7) is 1.74. The Bertz CT molecular complexity index is 813. The van der Waals surface area contributed by atoms with Gasteiger partial charge < -0.3 is 5.32 Å². The number of Topliss-reactive ketones (excluding diaryl/α,β-unsaturated/α-hetero) is 1. The first-order valence-corrected chi connectivity index (χ1v) is 7.65. The van der Waals surface area contributed by atoms with Gasteiger partial charge in [0.2, 0.25) is 5.91 Å². The first-order valence-electron chi connectivity index (χ1n) is 7.65. The van der Waals surface area contributed by atoms with Gasteiger partial charge in [-0.15, -0.1) is 0 Å². The molecule has 6 heteroatoms. The van der Waals surface area contributed by atoms with Crippen molar-refractivity contribution in [1.29, 1.82) is 5.26 Å². The SMILES string of the molecule is C[C@@H](CC(=O)[C@@H](C#N)C(=O)Nc1ccccc1F)c1ccc(F)cc1. The van der Waals surface area contributed by atoms with Gasteiger partial charge in [0, 0.05) is 6.42 Å². The number of rotatable bonds is 6. The van der Waals surface area contributed by atoms with Crippen molar-refractivity contribution in [2.24, 2.45) is 5.92 Å². The molecule has 0 bridgehead atoms. The number of hydrogen-bond acceptors (Lipinski definition) is 3. The highest BCUT2D eigenvalue weighted by molar-refractivity contribution is 6.09. The average Bonchev–Trinajstić information content (AvgIpc) is 2.58. The van der Waals surface area contributed by atoms with Gasteiger partial charge in [0.15, 0.2) is 11.7 Å². The molecule has 0 fully saturated rings. The monoisotopic (exact) mass is 342 g/mol. The number of carbonyl (C=O) groups is 2. The van der Waals surface area contributed by atoms with Crippen molar-refractivity contribution in [3.05, 3.63) is 65.7 Å². The Balaban J connectivity index is 2.05. The largest absolute Gasteiger partial charge is 0.322 e. The van der Waals surface area contributed by atoms with Crippen LogP contribution in [0.15, 0.2) is 48.5 Å². The quantitative estimate of drug-likeness (QED) is 0.812. The minimum Gasteiger partial charge on any atom is -0.322 e. The zero-order valence-electron chi connectivity index (χ0n) is 13.5. The summed E-state index contributed by atoms with van der Waals surface area (Å²) in [6.07, 6.45) is -0.0610. The van der Waals surface area contributed by atoms with Crippen LogP contribution in [0.5, 0.6) is 0 Å². The summed E-state index contributed by atoms with van der Waals surface area (Å²) >= 11 is 0. The maximum atomic E-state index is 13.6. The van der Waals surface area contributed by atoms with E-state index in [0.717, 1.165) is 11.6 Å². The van der Waals surface area contributed by atoms with E-state index in [2.05, 4.69) is 5.32 Å². The molecule has 1 amide bonds. The van der Waals surface area contributed by atoms with Crippen LogP contribution in [-0.4, -0.2) is 11.7 Å². The summed E-state index contributed by atoms with van der Waals surface area (Å²) in [5.41, 5.74) is 0.632. The molecule has 2 aromatic carbocycles. The number of hydrogen-bond donors (Lipinski definition) is 1. The van der Waals surface area contributed by atoms with E-state index in [4.69, 9.17) is 5.26 Å². The van der Waals surface area contributed by atoms with Crippen LogP contribution < -0.4 is 5.32 Å². The second kappa shape index (κ2) is 8.15. The standard InChI is InChI=1S/C19H16F2N2O2/c1-12(13-6-8-14(20)9-7-13)10-18(24)15(11-22)19(25)23-17-5-3-2-4-16(17)21/h2-9,12,15H,10H2,1H3,(H,23,25)/t12-,15+/m0/s1. The van der Waals surface area contributed by atoms with Crippen LogP contribution in [-0.2, 0) is 9.59 Å². The molecule has 2 rings (SSSR count). The fourth-order valence-electron chi connectivity index (χ4n) is 2.37. The van der Waals surface area contributed by atoms with Crippen molar-refractivity contribution < 1.29 is 18.4 Å². The molecular weight excluding hydrogens is 326 g/mol. The topological polar surface area (TPSA) is 70.0 Å². The fraction of sp³-hybridized carbons (Fsp3) is 0.211. The van der Waals surface area contributed by atoms with Crippen molar-refractivity contribution in [1.82, 2.24) is 0 Å². The first-order chi connectivity index (χ1) is 11.9. The Hall–Kier alpha value is -3.07. The molecule has 1 N–H and O–H groups in total. The highest BCUT2D eigenvalue weighted by Crippen LogP contribution is 2.22. The molecule has 2 atom stereocenters. The molecule has 0 aliphatic carbocycles. The van der Waals surface area contributed by atoms with E-state index in [1.165, 1.54) is 30.3 Å². The number of para-hydroxylation sites is 1. The fourth-order valence-corrected chi connectivity index (χ4v) is 2.37. The summed E-state index contributed by atoms with van der Waals surface area (Å²) in [4.78, 5) is 24.4. The molecule has 128 valence electrons. The van der Waals surface area contributed by atoms with Gasteiger partial charge in [-0.1, -0.05) is 31.2 Å². The number of nitrogens with zero attached hydrogens (tertiary/aromatic N) is 1. The molecular formula is C19H16F2N2O2. The third-order valence-corrected chi connectivity index (χ3v) is 3.79. The predicted molar refractivity (Wildman–Crippen MR) is 88.6 cm³/mol. The van der Waals surface area contributed by atoms with Gasteiger partial charge in [0.25, 0.3) is 0 Å². The molecule has 0 radical (unpaired) electrons. The average molecular weight is 342 g/mol. The molecule has 25 heavy (non-hydrogen) atoms. The van der Waals surface area contributed by atoms with Gasteiger partial charge in [0.05, 0.1) is 11.8 Å². The summed E-state index contributed by atoms with van der Waals surface area (Å²) < 4.78 is 26.5. The Morgan fingerprint density at radius 3 is 2.36 bits per heavy atom. The van der Waals surface area contributed by atoms with Gasteiger partial charge >= 0.3 is 0 Å². The van der Waals surface area contributed by atoms with Crippen LogP contribution in [0, 0.1) is 28.9 Å². The van der Waals surface area contributed by atoms with E-state index in [9.17, 15) is 18.4 Å². The number of anilines is 1. The summed E-state index contributed by atoms with van der Waals surface area (Å²) in [5, 5.41) is 11.4. The van der Waals surface area contributed by atoms with Crippen molar-refractivity contribution in [2.45, 2.75) is 19.3 Å². The lowest BCUT2D eigenvalue weighted by molar-refractivity contribution is -0.129. The smallest absolute Gasteiger partial charge is 0.249 e. The number of nitrogens with one attached hydrogen (secondary N) is 1.